The number of nitrogens with one attached hydrogen (secondary N) is 1. The molecule has 8 heteroatoms. The number of aromatic nitrogens is 2. The van der Waals surface area contributed by atoms with Gasteiger partial charge in [0.15, 0.2) is 0 Å². The first-order valence-corrected chi connectivity index (χ1v) is 8.19. The summed E-state index contributed by atoms with van der Waals surface area (Å²) in [6.07, 6.45) is 0.488. The molecule has 0 saturated carbocycles. The Morgan fingerprint density at radius 3 is 3.04 bits per heavy atom. The first-order valence-electron chi connectivity index (χ1n) is 8.19. The lowest BCUT2D eigenvalue weighted by Crippen LogP contribution is -2.20. The monoisotopic (exact) mass is 361 g/mol. The molecular weight excluding hydrogens is 344 g/mol. The maximum absolute atomic E-state index is 13.3. The zero-order valence-corrected chi connectivity index (χ0v) is 13.8. The number of pyridine rings is 1. The summed E-state index contributed by atoms with van der Waals surface area (Å²) in [6.45, 7) is 0.586. The van der Waals surface area contributed by atoms with E-state index in [9.17, 15) is 8.78 Å². The molecule has 2 aromatic heterocycles. The first kappa shape index (κ1) is 16.7. The summed E-state index contributed by atoms with van der Waals surface area (Å²) in [5, 5.41) is 12.0. The second-order valence-corrected chi connectivity index (χ2v) is 6.14. The molecule has 0 unspecified atom stereocenters. The normalized spacial score (nSPS) is 15.0. The van der Waals surface area contributed by atoms with Crippen molar-refractivity contribution in [2.45, 2.75) is 25.5 Å². The molecule has 0 fully saturated rings. The Morgan fingerprint density at radius 1 is 1.31 bits per heavy atom. The Bertz CT molecular complexity index is 943. The molecule has 2 N–H and O–H groups in total. The van der Waals surface area contributed by atoms with Gasteiger partial charge in [0.1, 0.15) is 11.4 Å². The van der Waals surface area contributed by atoms with E-state index in [1.165, 1.54) is 0 Å². The van der Waals surface area contributed by atoms with Gasteiger partial charge < -0.3 is 14.5 Å². The van der Waals surface area contributed by atoms with E-state index in [4.69, 9.17) is 9.99 Å². The van der Waals surface area contributed by atoms with Crippen molar-refractivity contribution < 1.29 is 23.7 Å². The van der Waals surface area contributed by atoms with Gasteiger partial charge in [0.2, 0.25) is 0 Å². The van der Waals surface area contributed by atoms with Crippen LogP contribution in [-0.2, 0) is 24.3 Å². The van der Waals surface area contributed by atoms with Gasteiger partial charge in [-0.2, -0.15) is 8.78 Å². The van der Waals surface area contributed by atoms with Crippen LogP contribution in [0.3, 0.4) is 0 Å². The van der Waals surface area contributed by atoms with E-state index in [1.54, 1.807) is 18.3 Å². The summed E-state index contributed by atoms with van der Waals surface area (Å²) < 4.78 is 33.3. The van der Waals surface area contributed by atoms with Gasteiger partial charge in [-0.25, -0.2) is 9.87 Å². The van der Waals surface area contributed by atoms with Crippen LogP contribution in [0.1, 0.15) is 16.8 Å². The van der Waals surface area contributed by atoms with Crippen molar-refractivity contribution >= 4 is 11.3 Å². The second-order valence-electron chi connectivity index (χ2n) is 6.14. The molecule has 6 nitrogen and oxygen atoms in total. The fraction of sp³-hybridized carbons (Fsp3) is 0.278. The molecule has 0 amide bonds. The van der Waals surface area contributed by atoms with Crippen LogP contribution in [0.4, 0.5) is 14.5 Å². The highest BCUT2D eigenvalue weighted by Gasteiger charge is 2.39. The summed E-state index contributed by atoms with van der Waals surface area (Å²) in [7, 11) is 0. The van der Waals surface area contributed by atoms with E-state index in [-0.39, 0.29) is 12.4 Å². The van der Waals surface area contributed by atoms with Gasteiger partial charge in [-0.3, -0.25) is 5.26 Å². The van der Waals surface area contributed by atoms with E-state index >= 15 is 0 Å². The Kier molecular flexibility index (Phi) is 4.21. The highest BCUT2D eigenvalue weighted by atomic mass is 19.3. The number of ether oxygens (including phenoxy) is 1. The van der Waals surface area contributed by atoms with E-state index in [0.717, 1.165) is 22.6 Å². The maximum Gasteiger partial charge on any atom is 0.402 e. The Balaban J connectivity index is 1.55. The molecule has 0 atom stereocenters. The fourth-order valence-corrected chi connectivity index (χ4v) is 3.17. The minimum Gasteiger partial charge on any atom is -0.432 e. The molecule has 0 saturated heterocycles. The van der Waals surface area contributed by atoms with Gasteiger partial charge in [0, 0.05) is 36.6 Å². The number of imidazole rings is 1. The smallest absolute Gasteiger partial charge is 0.402 e. The van der Waals surface area contributed by atoms with Crippen molar-refractivity contribution in [3.05, 3.63) is 59.5 Å². The third-order valence-corrected chi connectivity index (χ3v) is 4.37. The Morgan fingerprint density at radius 2 is 2.19 bits per heavy atom. The van der Waals surface area contributed by atoms with Crippen LogP contribution in [0.5, 0.6) is 5.75 Å². The number of hydrogen-bond acceptors (Lipinski definition) is 5. The highest BCUT2D eigenvalue weighted by molar-refractivity contribution is 5.56. The Hall–Kier alpha value is -2.71. The lowest BCUT2D eigenvalue weighted by atomic mass is 10.1. The maximum atomic E-state index is 13.3. The molecule has 1 aliphatic heterocycles. The first-order chi connectivity index (χ1) is 12.6. The van der Waals surface area contributed by atoms with Crippen LogP contribution in [0.15, 0.2) is 42.7 Å². The van der Waals surface area contributed by atoms with Crippen molar-refractivity contribution in [3.8, 4) is 5.75 Å². The highest BCUT2D eigenvalue weighted by Crippen LogP contribution is 2.37. The standard InChI is InChI=1S/C18H17F2N3O3/c19-18(20)10-13-2-1-12(9-16(13)26-18)11-22-14-3-4-17-21-6-7-23(17)15(14)5-8-25-24/h1-4,6-7,9,22,24H,5,8,10-11H2. The molecule has 3 aromatic rings. The number of hydrogen-bond donors (Lipinski definition) is 2. The number of alkyl halides is 2. The van der Waals surface area contributed by atoms with Gasteiger partial charge in [-0.05, 0) is 23.8 Å². The molecule has 1 aromatic carbocycles. The van der Waals surface area contributed by atoms with Crippen molar-refractivity contribution in [2.75, 3.05) is 11.9 Å². The molecule has 0 spiro atoms. The van der Waals surface area contributed by atoms with E-state index < -0.39 is 12.5 Å². The van der Waals surface area contributed by atoms with E-state index in [0.29, 0.717) is 18.5 Å². The molecule has 3 heterocycles. The zero-order chi connectivity index (χ0) is 18.1. The molecule has 0 aliphatic carbocycles. The minimum atomic E-state index is -3.13. The number of benzene rings is 1. The molecule has 0 radical (unpaired) electrons. The quantitative estimate of drug-likeness (QED) is 0.520. The van der Waals surface area contributed by atoms with Crippen molar-refractivity contribution in [1.82, 2.24) is 9.38 Å². The van der Waals surface area contributed by atoms with Gasteiger partial charge >= 0.3 is 6.11 Å². The number of rotatable bonds is 6. The minimum absolute atomic E-state index is 0.147. The van der Waals surface area contributed by atoms with Crippen molar-refractivity contribution in [2.24, 2.45) is 0 Å². The molecule has 4 rings (SSSR count). The van der Waals surface area contributed by atoms with Crippen LogP contribution in [-0.4, -0.2) is 27.4 Å². The zero-order valence-electron chi connectivity index (χ0n) is 13.8. The van der Waals surface area contributed by atoms with Crippen molar-refractivity contribution in [1.29, 1.82) is 0 Å². The predicted octanol–water partition coefficient (Wildman–Crippen LogP) is 3.51. The van der Waals surface area contributed by atoms with Crippen molar-refractivity contribution in [3.63, 3.8) is 0 Å². The third kappa shape index (κ3) is 3.21. The predicted molar refractivity (Wildman–Crippen MR) is 90.5 cm³/mol. The van der Waals surface area contributed by atoms with Gasteiger partial charge in [0.05, 0.1) is 18.7 Å². The van der Waals surface area contributed by atoms with Crippen LogP contribution >= 0.6 is 0 Å². The number of halogens is 2. The average Bonchev–Trinajstić information content (AvgIpc) is 3.20. The van der Waals surface area contributed by atoms with Crippen LogP contribution in [0.2, 0.25) is 0 Å². The van der Waals surface area contributed by atoms with Gasteiger partial charge in [-0.15, -0.1) is 0 Å². The summed E-state index contributed by atoms with van der Waals surface area (Å²) >= 11 is 0. The van der Waals surface area contributed by atoms with Gasteiger partial charge in [-0.1, -0.05) is 12.1 Å². The largest absolute Gasteiger partial charge is 0.432 e. The average molecular weight is 361 g/mol. The fourth-order valence-electron chi connectivity index (χ4n) is 3.17. The Labute approximate surface area is 147 Å². The lowest BCUT2D eigenvalue weighted by Gasteiger charge is -2.14. The summed E-state index contributed by atoms with van der Waals surface area (Å²) in [4.78, 5) is 8.45. The molecule has 0 bridgehead atoms. The summed E-state index contributed by atoms with van der Waals surface area (Å²) in [5.74, 6) is 0.230. The molecule has 1 aliphatic rings. The number of anilines is 1. The van der Waals surface area contributed by atoms with Gasteiger partial charge in [0.25, 0.3) is 0 Å². The van der Waals surface area contributed by atoms with Crippen LogP contribution in [0.25, 0.3) is 5.65 Å². The second kappa shape index (κ2) is 6.54. The number of nitrogens with zero attached hydrogens (tertiary/aromatic N) is 2. The van der Waals surface area contributed by atoms with E-state index in [2.05, 4.69) is 15.2 Å². The lowest BCUT2D eigenvalue weighted by molar-refractivity contribution is -0.241. The summed E-state index contributed by atoms with van der Waals surface area (Å²) in [5.41, 5.74) is 3.88. The number of fused-ring (bicyclic) bond motifs is 2. The van der Waals surface area contributed by atoms with Crippen LogP contribution in [0, 0.1) is 0 Å². The summed E-state index contributed by atoms with van der Waals surface area (Å²) in [6, 6.07) is 8.89. The SMILES string of the molecule is OOCCc1c(NCc2ccc3c(c2)OC(F)(F)C3)ccc2nccn12. The molecular formula is C18H17F2N3O3. The molecule has 136 valence electrons. The third-order valence-electron chi connectivity index (χ3n) is 4.37. The molecule has 26 heavy (non-hydrogen) atoms. The topological polar surface area (TPSA) is 68.0 Å². The van der Waals surface area contributed by atoms with Crippen LogP contribution < -0.4 is 10.1 Å². The van der Waals surface area contributed by atoms with E-state index in [1.807, 2.05) is 28.8 Å².